The van der Waals surface area contributed by atoms with Gasteiger partial charge in [0.25, 0.3) is 5.69 Å². The molecule has 0 bridgehead atoms. The molecule has 0 amide bonds. The summed E-state index contributed by atoms with van der Waals surface area (Å²) in [5.74, 6) is -0.117. The van der Waals surface area contributed by atoms with Gasteiger partial charge in [-0.15, -0.1) is 0 Å². The van der Waals surface area contributed by atoms with Crippen LogP contribution in [0.3, 0.4) is 0 Å². The van der Waals surface area contributed by atoms with Gasteiger partial charge in [-0.2, -0.15) is 0 Å². The zero-order chi connectivity index (χ0) is 10.8. The summed E-state index contributed by atoms with van der Waals surface area (Å²) in [5.41, 5.74) is 0.153. The Balaban J connectivity index is 2.43. The van der Waals surface area contributed by atoms with Crippen LogP contribution >= 0.6 is 0 Å². The average molecular weight is 209 g/mol. The van der Waals surface area contributed by atoms with Crippen LogP contribution in [0.2, 0.25) is 0 Å². The fraction of sp³-hybridized carbons (Fsp3) is 0.222. The molecule has 0 saturated heterocycles. The van der Waals surface area contributed by atoms with E-state index in [0.29, 0.717) is 24.5 Å². The molecule has 0 spiro atoms. The van der Waals surface area contributed by atoms with Crippen LogP contribution in [0.4, 0.5) is 10.1 Å². The number of nitro groups is 1. The fourth-order valence-electron chi connectivity index (χ4n) is 1.41. The van der Waals surface area contributed by atoms with Crippen molar-refractivity contribution in [2.45, 2.75) is 0 Å². The smallest absolute Gasteiger partial charge is 0.273 e. The lowest BCUT2D eigenvalue weighted by molar-refractivity contribution is -0.385. The van der Waals surface area contributed by atoms with Gasteiger partial charge in [-0.25, -0.2) is 4.39 Å². The first-order valence-corrected chi connectivity index (χ1v) is 4.40. The lowest BCUT2D eigenvalue weighted by Gasteiger charge is -2.02. The number of nitrogens with zero attached hydrogens (tertiary/aromatic N) is 2. The molecular weight excluding hydrogens is 201 g/mol. The van der Waals surface area contributed by atoms with Gasteiger partial charge < -0.3 is 5.32 Å². The van der Waals surface area contributed by atoms with Crippen LogP contribution in [-0.4, -0.2) is 23.8 Å². The molecule has 6 heteroatoms. The number of amidine groups is 1. The summed E-state index contributed by atoms with van der Waals surface area (Å²) in [6.07, 6.45) is 0. The van der Waals surface area contributed by atoms with Gasteiger partial charge in [0.2, 0.25) is 0 Å². The van der Waals surface area contributed by atoms with Crippen molar-refractivity contribution in [2.75, 3.05) is 13.1 Å². The van der Waals surface area contributed by atoms with Crippen molar-refractivity contribution in [3.8, 4) is 0 Å². The summed E-state index contributed by atoms with van der Waals surface area (Å²) in [6.45, 7) is 1.29. The summed E-state index contributed by atoms with van der Waals surface area (Å²) in [5, 5.41) is 13.4. The molecule has 0 aromatic heterocycles. The van der Waals surface area contributed by atoms with Crippen LogP contribution in [0.15, 0.2) is 23.2 Å². The van der Waals surface area contributed by atoms with Crippen molar-refractivity contribution in [2.24, 2.45) is 4.99 Å². The Morgan fingerprint density at radius 1 is 1.47 bits per heavy atom. The number of halogens is 1. The maximum absolute atomic E-state index is 13.1. The Labute approximate surface area is 84.8 Å². The quantitative estimate of drug-likeness (QED) is 0.585. The molecule has 1 aromatic carbocycles. The second kappa shape index (κ2) is 3.64. The minimum absolute atomic E-state index is 0.263. The summed E-state index contributed by atoms with van der Waals surface area (Å²) in [7, 11) is 0. The molecular formula is C9H8FN3O2. The third-order valence-electron chi connectivity index (χ3n) is 2.04. The molecule has 1 aromatic rings. The molecule has 0 saturated carbocycles. The Bertz CT molecular complexity index is 445. The zero-order valence-corrected chi connectivity index (χ0v) is 7.74. The molecule has 1 aliphatic rings. The highest BCUT2D eigenvalue weighted by atomic mass is 19.1. The van der Waals surface area contributed by atoms with Crippen LogP contribution in [-0.2, 0) is 0 Å². The molecule has 15 heavy (non-hydrogen) atoms. The Morgan fingerprint density at radius 3 is 2.87 bits per heavy atom. The van der Waals surface area contributed by atoms with Crippen molar-refractivity contribution >= 4 is 11.5 Å². The highest BCUT2D eigenvalue weighted by molar-refractivity contribution is 6.00. The van der Waals surface area contributed by atoms with Gasteiger partial charge in [-0.1, -0.05) is 0 Å². The Kier molecular flexibility index (Phi) is 2.32. The van der Waals surface area contributed by atoms with Crippen LogP contribution in [0.25, 0.3) is 0 Å². The van der Waals surface area contributed by atoms with E-state index in [-0.39, 0.29) is 5.69 Å². The molecule has 5 nitrogen and oxygen atoms in total. The van der Waals surface area contributed by atoms with Gasteiger partial charge >= 0.3 is 0 Å². The number of nitrogens with one attached hydrogen (secondary N) is 1. The highest BCUT2D eigenvalue weighted by Gasteiger charge is 2.14. The van der Waals surface area contributed by atoms with Gasteiger partial charge in [-0.3, -0.25) is 15.1 Å². The van der Waals surface area contributed by atoms with Crippen LogP contribution < -0.4 is 5.32 Å². The lowest BCUT2D eigenvalue weighted by atomic mass is 10.2. The largest absolute Gasteiger partial charge is 0.368 e. The number of non-ortho nitro benzene ring substituents is 1. The monoisotopic (exact) mass is 209 g/mol. The summed E-state index contributed by atoms with van der Waals surface area (Å²) >= 11 is 0. The lowest BCUT2D eigenvalue weighted by Crippen LogP contribution is -2.19. The number of benzene rings is 1. The topological polar surface area (TPSA) is 67.5 Å². The maximum Gasteiger partial charge on any atom is 0.273 e. The fourth-order valence-corrected chi connectivity index (χ4v) is 1.41. The summed E-state index contributed by atoms with van der Waals surface area (Å²) in [6, 6.07) is 3.42. The predicted octanol–water partition coefficient (Wildman–Crippen LogP) is 1.08. The predicted molar refractivity (Wildman–Crippen MR) is 52.5 cm³/mol. The SMILES string of the molecule is O=[N+]([O-])c1cc(F)cc(C2=NCCN2)c1. The number of nitro benzene ring substituents is 1. The number of hydrogen-bond donors (Lipinski definition) is 1. The first kappa shape index (κ1) is 9.57. The van der Waals surface area contributed by atoms with E-state index >= 15 is 0 Å². The van der Waals surface area contributed by atoms with Gasteiger partial charge in [0.15, 0.2) is 0 Å². The Morgan fingerprint density at radius 2 is 2.27 bits per heavy atom. The molecule has 1 aliphatic heterocycles. The van der Waals surface area contributed by atoms with Crippen molar-refractivity contribution in [1.82, 2.24) is 5.32 Å². The van der Waals surface area contributed by atoms with E-state index in [1.165, 1.54) is 12.1 Å². The minimum Gasteiger partial charge on any atom is -0.368 e. The molecule has 78 valence electrons. The maximum atomic E-state index is 13.1. The Hall–Kier alpha value is -1.98. The van der Waals surface area contributed by atoms with Crippen LogP contribution in [0.1, 0.15) is 5.56 Å². The van der Waals surface area contributed by atoms with Crippen molar-refractivity contribution in [3.05, 3.63) is 39.7 Å². The van der Waals surface area contributed by atoms with E-state index in [4.69, 9.17) is 0 Å². The van der Waals surface area contributed by atoms with Crippen molar-refractivity contribution in [3.63, 3.8) is 0 Å². The molecule has 0 fully saturated rings. The standard InChI is InChI=1S/C9H8FN3O2/c10-7-3-6(9-11-1-2-12-9)4-8(5-7)13(14)15/h3-5H,1-2H2,(H,11,12). The third-order valence-corrected chi connectivity index (χ3v) is 2.04. The molecule has 0 aliphatic carbocycles. The highest BCUT2D eigenvalue weighted by Crippen LogP contribution is 2.17. The van der Waals surface area contributed by atoms with Crippen LogP contribution in [0.5, 0.6) is 0 Å². The molecule has 2 rings (SSSR count). The van der Waals surface area contributed by atoms with Gasteiger partial charge in [0, 0.05) is 18.2 Å². The van der Waals surface area contributed by atoms with Crippen molar-refractivity contribution in [1.29, 1.82) is 0 Å². The first-order valence-electron chi connectivity index (χ1n) is 4.40. The normalized spacial score (nSPS) is 14.6. The summed E-state index contributed by atoms with van der Waals surface area (Å²) < 4.78 is 13.1. The van der Waals surface area contributed by atoms with Crippen molar-refractivity contribution < 1.29 is 9.31 Å². The van der Waals surface area contributed by atoms with E-state index in [0.717, 1.165) is 6.07 Å². The van der Waals surface area contributed by atoms with E-state index < -0.39 is 10.7 Å². The number of rotatable bonds is 2. The summed E-state index contributed by atoms with van der Waals surface area (Å²) in [4.78, 5) is 13.9. The minimum atomic E-state index is -0.629. The van der Waals surface area contributed by atoms with Gasteiger partial charge in [0.05, 0.1) is 17.5 Å². The van der Waals surface area contributed by atoms with E-state index in [9.17, 15) is 14.5 Å². The number of aliphatic imine (C=N–C) groups is 1. The number of hydrogen-bond acceptors (Lipinski definition) is 4. The van der Waals surface area contributed by atoms with Gasteiger partial charge in [-0.05, 0) is 6.07 Å². The molecule has 0 unspecified atom stereocenters. The second-order valence-corrected chi connectivity index (χ2v) is 3.11. The van der Waals surface area contributed by atoms with Gasteiger partial charge in [0.1, 0.15) is 11.7 Å². The average Bonchev–Trinajstić information content (AvgIpc) is 2.69. The van der Waals surface area contributed by atoms with E-state index in [1.54, 1.807) is 0 Å². The molecule has 1 heterocycles. The molecule has 0 radical (unpaired) electrons. The molecule has 1 N–H and O–H groups in total. The second-order valence-electron chi connectivity index (χ2n) is 3.11. The molecule has 0 atom stereocenters. The van der Waals surface area contributed by atoms with Crippen LogP contribution in [0, 0.1) is 15.9 Å². The van der Waals surface area contributed by atoms with E-state index in [2.05, 4.69) is 10.3 Å². The zero-order valence-electron chi connectivity index (χ0n) is 7.74. The first-order chi connectivity index (χ1) is 7.16. The third kappa shape index (κ3) is 1.93. The van der Waals surface area contributed by atoms with E-state index in [1.807, 2.05) is 0 Å².